The quantitative estimate of drug-likeness (QED) is 0.657. The van der Waals surface area contributed by atoms with Gasteiger partial charge in [-0.25, -0.2) is 0 Å². The molecule has 0 saturated heterocycles. The van der Waals surface area contributed by atoms with Crippen molar-refractivity contribution in [1.82, 2.24) is 4.90 Å². The molecule has 1 aliphatic heterocycles. The number of hydrogen-bond acceptors (Lipinski definition) is 3. The van der Waals surface area contributed by atoms with Crippen LogP contribution >= 0.6 is 0 Å². The standard InChI is InChI=1S/C20H19NO3/c1-2-20(14-22,12-15-8-4-3-5-9-15)13-21-18(23)16-10-6-7-11-17(16)19(21)24/h2-11,22H,1,12-14H2. The number of amides is 2. The summed E-state index contributed by atoms with van der Waals surface area (Å²) in [5.41, 5.74) is 1.08. The van der Waals surface area contributed by atoms with Crippen molar-refractivity contribution >= 4 is 11.8 Å². The second-order valence-electron chi connectivity index (χ2n) is 6.13. The van der Waals surface area contributed by atoms with Gasteiger partial charge in [0, 0.05) is 12.0 Å². The molecule has 122 valence electrons. The van der Waals surface area contributed by atoms with Gasteiger partial charge < -0.3 is 5.11 Å². The van der Waals surface area contributed by atoms with E-state index in [2.05, 4.69) is 6.58 Å². The molecular formula is C20H19NO3. The SMILES string of the molecule is C=CC(CO)(Cc1ccccc1)CN1C(=O)c2ccccc2C1=O. The number of imide groups is 1. The average molecular weight is 321 g/mol. The van der Waals surface area contributed by atoms with Crippen molar-refractivity contribution in [3.63, 3.8) is 0 Å². The van der Waals surface area contributed by atoms with Crippen molar-refractivity contribution in [3.8, 4) is 0 Å². The van der Waals surface area contributed by atoms with Crippen LogP contribution in [-0.2, 0) is 6.42 Å². The second-order valence-corrected chi connectivity index (χ2v) is 6.13. The Bertz CT molecular complexity index is 749. The zero-order valence-electron chi connectivity index (χ0n) is 13.3. The van der Waals surface area contributed by atoms with E-state index in [1.807, 2.05) is 30.3 Å². The van der Waals surface area contributed by atoms with Gasteiger partial charge in [-0.15, -0.1) is 6.58 Å². The zero-order valence-corrected chi connectivity index (χ0v) is 13.3. The summed E-state index contributed by atoms with van der Waals surface area (Å²) >= 11 is 0. The summed E-state index contributed by atoms with van der Waals surface area (Å²) < 4.78 is 0. The predicted octanol–water partition coefficient (Wildman–Crippen LogP) is 2.69. The van der Waals surface area contributed by atoms with Gasteiger partial charge in [-0.2, -0.15) is 0 Å². The average Bonchev–Trinajstić information content (AvgIpc) is 2.87. The normalized spacial score (nSPS) is 16.0. The first kappa shape index (κ1) is 16.1. The first-order valence-corrected chi connectivity index (χ1v) is 7.84. The molecule has 0 aromatic heterocycles. The molecule has 1 atom stereocenters. The highest BCUT2D eigenvalue weighted by Gasteiger charge is 2.40. The summed E-state index contributed by atoms with van der Waals surface area (Å²) in [7, 11) is 0. The van der Waals surface area contributed by atoms with Crippen molar-refractivity contribution in [1.29, 1.82) is 0 Å². The molecular weight excluding hydrogens is 302 g/mol. The summed E-state index contributed by atoms with van der Waals surface area (Å²) in [4.78, 5) is 26.3. The number of benzene rings is 2. The molecule has 0 spiro atoms. The van der Waals surface area contributed by atoms with Crippen LogP contribution in [0.4, 0.5) is 0 Å². The number of fused-ring (bicyclic) bond motifs is 1. The van der Waals surface area contributed by atoms with Crippen LogP contribution in [0.5, 0.6) is 0 Å². The number of hydrogen-bond donors (Lipinski definition) is 1. The monoisotopic (exact) mass is 321 g/mol. The largest absolute Gasteiger partial charge is 0.395 e. The van der Waals surface area contributed by atoms with E-state index in [1.54, 1.807) is 30.3 Å². The predicted molar refractivity (Wildman–Crippen MR) is 91.7 cm³/mol. The summed E-state index contributed by atoms with van der Waals surface area (Å²) in [6.07, 6.45) is 2.14. The molecule has 0 bridgehead atoms. The summed E-state index contributed by atoms with van der Waals surface area (Å²) in [6.45, 7) is 3.74. The zero-order chi connectivity index (χ0) is 17.2. The van der Waals surface area contributed by atoms with Gasteiger partial charge in [-0.3, -0.25) is 14.5 Å². The van der Waals surface area contributed by atoms with E-state index in [9.17, 15) is 14.7 Å². The molecule has 0 radical (unpaired) electrons. The van der Waals surface area contributed by atoms with Crippen molar-refractivity contribution in [2.24, 2.45) is 5.41 Å². The fourth-order valence-electron chi connectivity index (χ4n) is 3.06. The van der Waals surface area contributed by atoms with E-state index in [1.165, 1.54) is 4.90 Å². The molecule has 0 saturated carbocycles. The van der Waals surface area contributed by atoms with Crippen LogP contribution in [0.2, 0.25) is 0 Å². The summed E-state index contributed by atoms with van der Waals surface area (Å²) in [5.74, 6) is -0.633. The highest BCUT2D eigenvalue weighted by molar-refractivity contribution is 6.21. The maximum Gasteiger partial charge on any atom is 0.261 e. The highest BCUT2D eigenvalue weighted by Crippen LogP contribution is 2.30. The third-order valence-electron chi connectivity index (χ3n) is 4.50. The summed E-state index contributed by atoms with van der Waals surface area (Å²) in [5, 5.41) is 9.97. The van der Waals surface area contributed by atoms with Gasteiger partial charge in [0.15, 0.2) is 0 Å². The number of rotatable bonds is 6. The van der Waals surface area contributed by atoms with Crippen LogP contribution in [0.3, 0.4) is 0 Å². The topological polar surface area (TPSA) is 57.6 Å². The molecule has 4 nitrogen and oxygen atoms in total. The number of aliphatic hydroxyl groups is 1. The Labute approximate surface area is 141 Å². The Balaban J connectivity index is 1.88. The lowest BCUT2D eigenvalue weighted by Gasteiger charge is -2.32. The van der Waals surface area contributed by atoms with Crippen LogP contribution in [0.25, 0.3) is 0 Å². The van der Waals surface area contributed by atoms with E-state index in [-0.39, 0.29) is 25.0 Å². The van der Waals surface area contributed by atoms with Crippen LogP contribution in [0.1, 0.15) is 26.3 Å². The third kappa shape index (κ3) is 2.76. The van der Waals surface area contributed by atoms with Crippen LogP contribution in [0.15, 0.2) is 67.3 Å². The second kappa shape index (κ2) is 6.42. The first-order valence-electron chi connectivity index (χ1n) is 7.84. The fourth-order valence-corrected chi connectivity index (χ4v) is 3.06. The molecule has 4 heteroatoms. The fraction of sp³-hybridized carbons (Fsp3) is 0.200. The number of carbonyl (C=O) groups is 2. The Morgan fingerprint density at radius 2 is 1.50 bits per heavy atom. The van der Waals surface area contributed by atoms with Gasteiger partial charge in [-0.1, -0.05) is 48.5 Å². The molecule has 3 rings (SSSR count). The van der Waals surface area contributed by atoms with Gasteiger partial charge >= 0.3 is 0 Å². The Hall–Kier alpha value is -2.72. The maximum atomic E-state index is 12.6. The van der Waals surface area contributed by atoms with Gasteiger partial charge in [-0.05, 0) is 24.1 Å². The molecule has 24 heavy (non-hydrogen) atoms. The summed E-state index contributed by atoms with van der Waals surface area (Å²) in [6, 6.07) is 16.5. The number of aliphatic hydroxyl groups excluding tert-OH is 1. The lowest BCUT2D eigenvalue weighted by atomic mass is 9.81. The minimum atomic E-state index is -0.769. The van der Waals surface area contributed by atoms with Crippen molar-refractivity contribution < 1.29 is 14.7 Å². The highest BCUT2D eigenvalue weighted by atomic mass is 16.3. The molecule has 1 unspecified atom stereocenters. The van der Waals surface area contributed by atoms with E-state index in [4.69, 9.17) is 0 Å². The van der Waals surface area contributed by atoms with E-state index in [0.717, 1.165) is 5.56 Å². The van der Waals surface area contributed by atoms with Crippen LogP contribution in [0, 0.1) is 5.41 Å². The van der Waals surface area contributed by atoms with E-state index in [0.29, 0.717) is 17.5 Å². The lowest BCUT2D eigenvalue weighted by Crippen LogP contribution is -2.43. The molecule has 1 heterocycles. The van der Waals surface area contributed by atoms with Gasteiger partial charge in [0.1, 0.15) is 0 Å². The third-order valence-corrected chi connectivity index (χ3v) is 4.50. The minimum Gasteiger partial charge on any atom is -0.395 e. The van der Waals surface area contributed by atoms with Crippen LogP contribution in [-0.4, -0.2) is 35.0 Å². The lowest BCUT2D eigenvalue weighted by molar-refractivity contribution is 0.0544. The van der Waals surface area contributed by atoms with Gasteiger partial charge in [0.05, 0.1) is 17.7 Å². The molecule has 1 N–H and O–H groups in total. The Morgan fingerprint density at radius 1 is 0.958 bits per heavy atom. The van der Waals surface area contributed by atoms with E-state index < -0.39 is 5.41 Å². The van der Waals surface area contributed by atoms with Crippen LogP contribution < -0.4 is 0 Å². The van der Waals surface area contributed by atoms with E-state index >= 15 is 0 Å². The molecule has 2 aromatic rings. The molecule has 2 aromatic carbocycles. The van der Waals surface area contributed by atoms with Crippen molar-refractivity contribution in [3.05, 3.63) is 83.9 Å². The number of carbonyl (C=O) groups excluding carboxylic acids is 2. The molecule has 0 fully saturated rings. The molecule has 2 amide bonds. The first-order chi connectivity index (χ1) is 11.6. The van der Waals surface area contributed by atoms with Gasteiger partial charge in [0.25, 0.3) is 11.8 Å². The van der Waals surface area contributed by atoms with Crippen molar-refractivity contribution in [2.45, 2.75) is 6.42 Å². The Morgan fingerprint density at radius 3 is 2.00 bits per heavy atom. The van der Waals surface area contributed by atoms with Crippen molar-refractivity contribution in [2.75, 3.05) is 13.2 Å². The Kier molecular flexibility index (Phi) is 4.32. The number of nitrogens with zero attached hydrogens (tertiary/aromatic N) is 1. The van der Waals surface area contributed by atoms with Gasteiger partial charge in [0.2, 0.25) is 0 Å². The minimum absolute atomic E-state index is 0.105. The maximum absolute atomic E-state index is 12.6. The molecule has 0 aliphatic carbocycles. The molecule has 1 aliphatic rings. The smallest absolute Gasteiger partial charge is 0.261 e.